The minimum Gasteiger partial charge on any atom is -0.481 e. The maximum absolute atomic E-state index is 12.0. The predicted octanol–water partition coefficient (Wildman–Crippen LogP) is 7.92. The van der Waals surface area contributed by atoms with Gasteiger partial charge >= 0.3 is 29.8 Å². The average Bonchev–Trinajstić information content (AvgIpc) is 1.62. The summed E-state index contributed by atoms with van der Waals surface area (Å²) in [5.41, 5.74) is 14.8. The zero-order valence-corrected chi connectivity index (χ0v) is 57.9. The average molecular weight is 1410 g/mol. The predicted molar refractivity (Wildman–Crippen MR) is 371 cm³/mol. The molecule has 540 valence electrons. The molecule has 6 amide bonds. The summed E-state index contributed by atoms with van der Waals surface area (Å²) in [5, 5.41) is 52.8. The van der Waals surface area contributed by atoms with Crippen LogP contribution in [0.3, 0.4) is 0 Å². The monoisotopic (exact) mass is 1410 g/mol. The molecule has 6 aromatic carbocycles. The highest BCUT2D eigenvalue weighted by Crippen LogP contribution is 2.47. The topological polar surface area (TPSA) is 409 Å². The van der Waals surface area contributed by atoms with Gasteiger partial charge in [-0.05, 0) is 184 Å². The second kappa shape index (κ2) is 30.9. The van der Waals surface area contributed by atoms with E-state index in [1.807, 2.05) is 110 Å². The van der Waals surface area contributed by atoms with E-state index in [1.165, 1.54) is 34.4 Å². The smallest absolute Gasteiger partial charge is 0.310 e. The van der Waals surface area contributed by atoms with E-state index < -0.39 is 67.4 Å². The first kappa shape index (κ1) is 76.0. The van der Waals surface area contributed by atoms with E-state index in [4.69, 9.17) is 30.2 Å². The quantitative estimate of drug-likeness (QED) is 0.0224. The van der Waals surface area contributed by atoms with E-state index >= 15 is 0 Å². The fraction of sp³-hybridized carbons (Fsp3) is 0.385. The molecular weight excluding hydrogens is 1330 g/mol. The van der Waals surface area contributed by atoms with Crippen LogP contribution in [0.2, 0.25) is 0 Å². The Hall–Kier alpha value is -11.2. The van der Waals surface area contributed by atoms with Crippen molar-refractivity contribution in [3.05, 3.63) is 210 Å². The fourth-order valence-electron chi connectivity index (χ4n) is 15.3. The molecule has 6 aliphatic carbocycles. The van der Waals surface area contributed by atoms with Gasteiger partial charge in [-0.1, -0.05) is 109 Å². The lowest BCUT2D eigenvalue weighted by Gasteiger charge is -2.26. The molecule has 15 rings (SSSR count). The molecule has 3 fully saturated rings. The van der Waals surface area contributed by atoms with Gasteiger partial charge < -0.3 is 35.6 Å². The van der Waals surface area contributed by atoms with Gasteiger partial charge in [0.2, 0.25) is 35.4 Å². The molecule has 0 radical (unpaired) electrons. The van der Waals surface area contributed by atoms with Crippen LogP contribution in [0.4, 0.5) is 11.4 Å². The summed E-state index contributed by atoms with van der Waals surface area (Å²) < 4.78 is 10.3. The highest BCUT2D eigenvalue weighted by molar-refractivity contribution is 6.08. The largest absolute Gasteiger partial charge is 0.481 e. The summed E-state index contributed by atoms with van der Waals surface area (Å²) in [6, 6.07) is 41.6. The van der Waals surface area contributed by atoms with Gasteiger partial charge in [-0.3, -0.25) is 83.6 Å². The molecule has 3 spiro atoms. The third-order valence-corrected chi connectivity index (χ3v) is 19.9. The van der Waals surface area contributed by atoms with Crippen LogP contribution < -0.4 is 21.7 Å². The van der Waals surface area contributed by atoms with Gasteiger partial charge in [0.25, 0.3) is 11.7 Å². The number of nitro benzene ring substituents is 1. The number of fused-ring (bicyclic) bond motifs is 6. The van der Waals surface area contributed by atoms with Crippen LogP contribution >= 0.6 is 0 Å². The number of imide groups is 3. The van der Waals surface area contributed by atoms with Gasteiger partial charge in [-0.15, -0.1) is 0 Å². The number of carbonyl (C=O) groups excluding carboxylic acids is 8. The van der Waals surface area contributed by atoms with Crippen molar-refractivity contribution >= 4 is 82.6 Å². The first-order valence-electron chi connectivity index (χ1n) is 33.8. The molecule has 6 aromatic rings. The van der Waals surface area contributed by atoms with Crippen LogP contribution in [0, 0.1) is 43.1 Å². The summed E-state index contributed by atoms with van der Waals surface area (Å²) in [7, 11) is 0. The van der Waals surface area contributed by atoms with E-state index in [0.717, 1.165) is 64.3 Å². The molecule has 3 saturated heterocycles. The van der Waals surface area contributed by atoms with Crippen molar-refractivity contribution < 1.29 is 92.4 Å². The van der Waals surface area contributed by atoms with Crippen LogP contribution in [-0.4, -0.2) is 109 Å². The Morgan fingerprint density at radius 1 is 0.485 bits per heavy atom. The summed E-state index contributed by atoms with van der Waals surface area (Å²) in [6.07, 6.45) is 7.09. The number of amides is 6. The number of nitrogens with one attached hydrogen (secondary N) is 3. The number of hydrogen-bond acceptors (Lipinski definition) is 17. The third-order valence-electron chi connectivity index (χ3n) is 19.9. The number of anilines is 1. The Bertz CT molecular complexity index is 4310. The Kier molecular flexibility index (Phi) is 22.8. The number of nitro groups is 1. The molecular formula is C78H83N5O20. The number of carboxylic acids is 4. The van der Waals surface area contributed by atoms with Crippen LogP contribution in [0.5, 0.6) is 0 Å². The molecule has 25 heteroatoms. The normalized spacial score (nSPS) is 20.0. The van der Waals surface area contributed by atoms with Crippen LogP contribution in [0.1, 0.15) is 133 Å². The Labute approximate surface area is 593 Å². The first-order chi connectivity index (χ1) is 48.6. The summed E-state index contributed by atoms with van der Waals surface area (Å²) in [4.78, 5) is 146. The number of benzene rings is 6. The zero-order chi connectivity index (χ0) is 75.0. The molecule has 0 saturated carbocycles. The summed E-state index contributed by atoms with van der Waals surface area (Å²) >= 11 is 0. The fourth-order valence-corrected chi connectivity index (χ4v) is 15.3. The van der Waals surface area contributed by atoms with Crippen molar-refractivity contribution in [2.24, 2.45) is 33.0 Å². The van der Waals surface area contributed by atoms with Gasteiger partial charge in [-0.25, -0.2) is 0 Å². The highest BCUT2D eigenvalue weighted by Gasteiger charge is 2.53. The molecule has 3 aliphatic heterocycles. The lowest BCUT2D eigenvalue weighted by Crippen LogP contribution is -2.36. The van der Waals surface area contributed by atoms with Crippen molar-refractivity contribution in [1.82, 2.24) is 16.0 Å². The maximum Gasteiger partial charge on any atom is 0.310 e. The Morgan fingerprint density at radius 3 is 1.13 bits per heavy atom. The van der Waals surface area contributed by atoms with Crippen molar-refractivity contribution in [2.75, 3.05) is 12.3 Å². The van der Waals surface area contributed by atoms with Crippen molar-refractivity contribution in [1.29, 1.82) is 0 Å². The van der Waals surface area contributed by atoms with E-state index in [1.54, 1.807) is 26.8 Å². The summed E-state index contributed by atoms with van der Waals surface area (Å²) in [6.45, 7) is 8.75. The number of non-ortho nitro benzene ring substituents is 1. The SMILES string of the molecule is CC(=O)O.CC(C)(C)OC(=O)CC1(C(=O)O)Cc2ccccc2C1.CCOC(=O)C1Cc2ccccc2C1.Nc1ccc2c(c1)CC1(CC(=O)NC1=O)C2.O=C(O)CC1(C(=O)O)Cc2ccccc2C1.O=C1CC2(Cc3ccc([N+](=O)[O-])cc3C2)C(=O)N1.O=C1CC2(Cc3ccccc3C2)C(=O)N1. The lowest BCUT2D eigenvalue weighted by molar-refractivity contribution is -0.384. The second-order valence-corrected chi connectivity index (χ2v) is 29.0. The van der Waals surface area contributed by atoms with Gasteiger partial charge in [0.1, 0.15) is 5.60 Å². The number of hydrogen-bond donors (Lipinski definition) is 8. The number of aliphatic carboxylic acids is 4. The molecule has 3 heterocycles. The molecule has 9 N–H and O–H groups in total. The Morgan fingerprint density at radius 2 is 0.806 bits per heavy atom. The number of carbonyl (C=O) groups is 12. The van der Waals surface area contributed by atoms with Crippen LogP contribution in [0.25, 0.3) is 0 Å². The van der Waals surface area contributed by atoms with Crippen molar-refractivity contribution in [2.45, 2.75) is 149 Å². The lowest BCUT2D eigenvalue weighted by atomic mass is 9.81. The number of ether oxygens (including phenoxy) is 2. The molecule has 103 heavy (non-hydrogen) atoms. The third kappa shape index (κ3) is 17.9. The van der Waals surface area contributed by atoms with Crippen molar-refractivity contribution in [3.63, 3.8) is 0 Å². The number of rotatable bonds is 9. The number of nitrogen functional groups attached to an aromatic ring is 1. The molecule has 25 nitrogen and oxygen atoms in total. The second-order valence-electron chi connectivity index (χ2n) is 29.0. The van der Waals surface area contributed by atoms with Crippen LogP contribution in [-0.2, 0) is 144 Å². The first-order valence-corrected chi connectivity index (χ1v) is 33.8. The highest BCUT2D eigenvalue weighted by atomic mass is 16.6. The van der Waals surface area contributed by atoms with E-state index in [0.29, 0.717) is 89.3 Å². The van der Waals surface area contributed by atoms with Gasteiger partial charge in [0.15, 0.2) is 0 Å². The summed E-state index contributed by atoms with van der Waals surface area (Å²) in [5.74, 6) is -5.34. The number of nitrogens with two attached hydrogens (primary N) is 1. The standard InChI is InChI=1S/C16H20O4.C12H10N2O4.C12H12N2O2.C12H11NO2.C12H12O4.C12H14O2.C2H4O2/c1-15(2,3)20-13(17)10-16(14(18)19)8-11-6-4-5-7-12(11)9-16;15-10-6-12(11(16)13-10)4-7-1-2-9(14(17)18)3-8(7)5-12;13-9-2-1-7-4-12(5-8(7)3-9)6-10(15)14-11(12)16;14-10-7-12(11(15)13-10)5-8-3-1-2-4-9(8)6-12;13-10(14)7-12(11(15)16)5-8-3-1-2-4-9(8)6-12;1-2-14-12(13)11-7-9-5-3-4-6-10(9)8-11;1-2(3)4/h4-7H,8-10H2,1-3H3,(H,18,19);1-3H,4-6H2,(H,13,15,16);1-3H,4-6,13H2,(H,14,15,16);1-4H,5-7H2,(H,13,14,15);1-4H,5-7H2,(H,13,14)(H,15,16);3-6,11H,2,7-8H2,1H3;1H3,(H,3,4). The molecule has 2 atom stereocenters. The van der Waals surface area contributed by atoms with E-state index in [-0.39, 0.29) is 72.3 Å². The van der Waals surface area contributed by atoms with Gasteiger partial charge in [0.05, 0.1) is 57.4 Å². The number of nitrogens with zero attached hydrogens (tertiary/aromatic N) is 1. The molecule has 9 aliphatic rings. The maximum atomic E-state index is 12.0. The Balaban J connectivity index is 0.000000142. The number of esters is 2. The molecule has 0 aromatic heterocycles. The minimum atomic E-state index is -1.16. The minimum absolute atomic E-state index is 0.0236. The van der Waals surface area contributed by atoms with E-state index in [9.17, 15) is 73.1 Å². The molecule has 0 bridgehead atoms. The molecule has 2 unspecified atom stereocenters. The van der Waals surface area contributed by atoms with E-state index in [2.05, 4.69) is 28.1 Å². The van der Waals surface area contributed by atoms with Crippen molar-refractivity contribution in [3.8, 4) is 0 Å². The van der Waals surface area contributed by atoms with Gasteiger partial charge in [0, 0.05) is 44.0 Å². The van der Waals surface area contributed by atoms with Gasteiger partial charge in [-0.2, -0.15) is 0 Å². The number of carboxylic acid groups (broad SMARTS) is 4. The zero-order valence-electron chi connectivity index (χ0n) is 57.9. The van der Waals surface area contributed by atoms with Crippen LogP contribution in [0.15, 0.2) is 133 Å².